The average Bonchev–Trinajstić information content (AvgIpc) is 2.13. The molecular formula is C12H11F3INO. The molecule has 18 heavy (non-hydrogen) atoms. The largest absolute Gasteiger partial charge is 0.416 e. The van der Waals surface area contributed by atoms with E-state index in [2.05, 4.69) is 5.32 Å². The van der Waals surface area contributed by atoms with E-state index in [-0.39, 0.29) is 5.78 Å². The maximum atomic E-state index is 12.6. The normalized spacial score (nSPS) is 12.4. The number of allylic oxidation sites excluding steroid dienone is 2. The summed E-state index contributed by atoms with van der Waals surface area (Å²) in [4.78, 5) is 10.8. The van der Waals surface area contributed by atoms with Gasteiger partial charge in [0.15, 0.2) is 5.78 Å². The molecule has 0 radical (unpaired) electrons. The second-order valence-corrected chi connectivity index (χ2v) is 5.03. The van der Waals surface area contributed by atoms with E-state index < -0.39 is 11.7 Å². The first kappa shape index (κ1) is 15.0. The van der Waals surface area contributed by atoms with E-state index in [4.69, 9.17) is 0 Å². The minimum absolute atomic E-state index is 0.165. The van der Waals surface area contributed by atoms with Crippen LogP contribution in [0.15, 0.2) is 30.0 Å². The molecule has 0 heterocycles. The van der Waals surface area contributed by atoms with Crippen LogP contribution < -0.4 is 5.32 Å². The third kappa shape index (κ3) is 4.67. The highest BCUT2D eigenvalue weighted by atomic mass is 127. The predicted octanol–water partition coefficient (Wildman–Crippen LogP) is 4.21. The molecule has 1 N–H and O–H groups in total. The predicted molar refractivity (Wildman–Crippen MR) is 72.2 cm³/mol. The third-order valence-electron chi connectivity index (χ3n) is 1.99. The zero-order valence-corrected chi connectivity index (χ0v) is 11.9. The summed E-state index contributed by atoms with van der Waals surface area (Å²) < 4.78 is 38.3. The first-order valence-electron chi connectivity index (χ1n) is 5.02. The van der Waals surface area contributed by atoms with Gasteiger partial charge in [-0.25, -0.2) is 0 Å². The fraction of sp³-hybridized carbons (Fsp3) is 0.250. The Kier molecular flexibility index (Phi) is 4.78. The molecule has 0 fully saturated rings. The van der Waals surface area contributed by atoms with Crippen LogP contribution in [0.1, 0.15) is 19.4 Å². The van der Waals surface area contributed by atoms with Crippen LogP contribution in [0.2, 0.25) is 0 Å². The molecule has 0 saturated heterocycles. The summed E-state index contributed by atoms with van der Waals surface area (Å²) in [6.07, 6.45) is -3.05. The van der Waals surface area contributed by atoms with Crippen molar-refractivity contribution >= 4 is 34.1 Å². The lowest BCUT2D eigenvalue weighted by molar-refractivity contribution is -0.137. The molecule has 6 heteroatoms. The second-order valence-electron chi connectivity index (χ2n) is 3.79. The molecule has 1 rings (SSSR count). The van der Waals surface area contributed by atoms with Crippen molar-refractivity contribution in [3.8, 4) is 0 Å². The summed E-state index contributed by atoms with van der Waals surface area (Å²) in [5.74, 6) is -0.165. The van der Waals surface area contributed by atoms with Crippen molar-refractivity contribution in [3.05, 3.63) is 39.1 Å². The van der Waals surface area contributed by atoms with Crippen LogP contribution in [0.4, 0.5) is 18.9 Å². The maximum absolute atomic E-state index is 12.6. The average molecular weight is 369 g/mol. The van der Waals surface area contributed by atoms with E-state index in [0.29, 0.717) is 15.0 Å². The fourth-order valence-corrected chi connectivity index (χ4v) is 2.07. The zero-order chi connectivity index (χ0) is 13.9. The van der Waals surface area contributed by atoms with E-state index in [1.807, 2.05) is 22.6 Å². The van der Waals surface area contributed by atoms with E-state index in [0.717, 1.165) is 12.1 Å². The smallest absolute Gasteiger partial charge is 0.359 e. The van der Waals surface area contributed by atoms with Crippen molar-refractivity contribution in [2.75, 3.05) is 5.32 Å². The van der Waals surface area contributed by atoms with E-state index in [1.54, 1.807) is 13.0 Å². The van der Waals surface area contributed by atoms with Gasteiger partial charge in [-0.05, 0) is 60.7 Å². The Morgan fingerprint density at radius 2 is 1.89 bits per heavy atom. The molecule has 0 amide bonds. The molecule has 98 valence electrons. The Bertz CT molecular complexity index is 495. The summed E-state index contributed by atoms with van der Waals surface area (Å²) in [5.41, 5.74) is 0.0920. The molecule has 0 unspecified atom stereocenters. The molecule has 1 aromatic carbocycles. The van der Waals surface area contributed by atoms with Crippen LogP contribution >= 0.6 is 22.6 Å². The topological polar surface area (TPSA) is 29.1 Å². The monoisotopic (exact) mass is 369 g/mol. The highest BCUT2D eigenvalue weighted by Crippen LogP contribution is 2.32. The highest BCUT2D eigenvalue weighted by Gasteiger charge is 2.31. The summed E-state index contributed by atoms with van der Waals surface area (Å²) in [7, 11) is 0. The summed E-state index contributed by atoms with van der Waals surface area (Å²) in [5, 5.41) is 2.76. The van der Waals surface area contributed by atoms with E-state index in [9.17, 15) is 18.0 Å². The maximum Gasteiger partial charge on any atom is 0.416 e. The number of ketones is 1. The summed E-state index contributed by atoms with van der Waals surface area (Å²) in [6, 6.07) is 3.66. The molecule has 2 nitrogen and oxygen atoms in total. The molecule has 0 aromatic heterocycles. The Labute approximate surface area is 116 Å². The number of hydrogen-bond acceptors (Lipinski definition) is 2. The van der Waals surface area contributed by atoms with Gasteiger partial charge in [-0.2, -0.15) is 13.2 Å². The van der Waals surface area contributed by atoms with Crippen LogP contribution in [-0.4, -0.2) is 5.78 Å². The van der Waals surface area contributed by atoms with Crippen molar-refractivity contribution in [1.29, 1.82) is 0 Å². The van der Waals surface area contributed by atoms with Crippen LogP contribution in [-0.2, 0) is 11.0 Å². The number of alkyl halides is 3. The molecule has 0 spiro atoms. The quantitative estimate of drug-likeness (QED) is 0.639. The number of carbonyl (C=O) groups is 1. The van der Waals surface area contributed by atoms with Crippen molar-refractivity contribution < 1.29 is 18.0 Å². The summed E-state index contributed by atoms with van der Waals surface area (Å²) in [6.45, 7) is 3.00. The lowest BCUT2D eigenvalue weighted by atomic mass is 10.2. The minimum Gasteiger partial charge on any atom is -0.359 e. The molecule has 0 aliphatic rings. The number of carbonyl (C=O) groups excluding carboxylic acids is 1. The fourth-order valence-electron chi connectivity index (χ4n) is 1.39. The lowest BCUT2D eigenvalue weighted by Gasteiger charge is -2.12. The lowest BCUT2D eigenvalue weighted by Crippen LogP contribution is -2.07. The number of hydrogen-bond donors (Lipinski definition) is 1. The number of benzene rings is 1. The summed E-state index contributed by atoms with van der Waals surface area (Å²) >= 11 is 1.82. The van der Waals surface area contributed by atoms with Crippen molar-refractivity contribution in [2.45, 2.75) is 20.0 Å². The minimum atomic E-state index is -4.38. The first-order valence-corrected chi connectivity index (χ1v) is 6.10. The molecule has 1 aromatic rings. The van der Waals surface area contributed by atoms with Crippen LogP contribution in [0.5, 0.6) is 0 Å². The Morgan fingerprint density at radius 3 is 2.39 bits per heavy atom. The van der Waals surface area contributed by atoms with Crippen molar-refractivity contribution in [3.63, 3.8) is 0 Å². The van der Waals surface area contributed by atoms with Gasteiger partial charge in [0.1, 0.15) is 0 Å². The van der Waals surface area contributed by atoms with E-state index in [1.165, 1.54) is 13.0 Å². The molecule has 0 aliphatic carbocycles. The van der Waals surface area contributed by atoms with E-state index >= 15 is 0 Å². The molecule has 0 bridgehead atoms. The zero-order valence-electron chi connectivity index (χ0n) is 9.73. The standard InChI is InChI=1S/C12H11F3INO/c1-7(3-8(2)18)17-11-5-9(12(13,14)15)4-10(16)6-11/h3-6,17H,1-2H3. The van der Waals surface area contributed by atoms with Gasteiger partial charge in [-0.3, -0.25) is 4.79 Å². The Morgan fingerprint density at radius 1 is 1.28 bits per heavy atom. The molecule has 0 atom stereocenters. The molecule has 0 aliphatic heterocycles. The van der Waals surface area contributed by atoms with Gasteiger partial charge in [-0.1, -0.05) is 0 Å². The van der Waals surface area contributed by atoms with Crippen LogP contribution in [0, 0.1) is 3.57 Å². The van der Waals surface area contributed by atoms with Crippen molar-refractivity contribution in [2.24, 2.45) is 0 Å². The van der Waals surface area contributed by atoms with Crippen LogP contribution in [0.3, 0.4) is 0 Å². The number of anilines is 1. The molecular weight excluding hydrogens is 358 g/mol. The SMILES string of the molecule is CC(=O)C=C(C)Nc1cc(I)cc(C(F)(F)F)c1. The number of rotatable bonds is 3. The third-order valence-corrected chi connectivity index (χ3v) is 2.61. The Hall–Kier alpha value is -1.05. The second kappa shape index (κ2) is 5.73. The molecule has 0 saturated carbocycles. The van der Waals surface area contributed by atoms with Crippen LogP contribution in [0.25, 0.3) is 0 Å². The number of halogens is 4. The van der Waals surface area contributed by atoms with Gasteiger partial charge >= 0.3 is 6.18 Å². The van der Waals surface area contributed by atoms with Gasteiger partial charge in [0.2, 0.25) is 0 Å². The first-order chi connectivity index (χ1) is 8.18. The Balaban J connectivity index is 3.04. The van der Waals surface area contributed by atoms with Gasteiger partial charge in [0, 0.05) is 15.0 Å². The highest BCUT2D eigenvalue weighted by molar-refractivity contribution is 14.1. The van der Waals surface area contributed by atoms with Gasteiger partial charge in [-0.15, -0.1) is 0 Å². The van der Waals surface area contributed by atoms with Gasteiger partial charge in [0.25, 0.3) is 0 Å². The van der Waals surface area contributed by atoms with Gasteiger partial charge in [0.05, 0.1) is 5.56 Å². The number of nitrogens with one attached hydrogen (secondary N) is 1. The van der Waals surface area contributed by atoms with Gasteiger partial charge < -0.3 is 5.32 Å². The van der Waals surface area contributed by atoms with Crippen molar-refractivity contribution in [1.82, 2.24) is 0 Å².